The van der Waals surface area contributed by atoms with E-state index in [9.17, 15) is 0 Å². The van der Waals surface area contributed by atoms with E-state index < -0.39 is 0 Å². The van der Waals surface area contributed by atoms with Crippen LogP contribution < -0.4 is 10.6 Å². The molecule has 0 aromatic heterocycles. The van der Waals surface area contributed by atoms with E-state index >= 15 is 0 Å². The molecule has 2 fully saturated rings. The van der Waals surface area contributed by atoms with Gasteiger partial charge in [0.1, 0.15) is 0 Å². The van der Waals surface area contributed by atoms with Crippen LogP contribution in [0.2, 0.25) is 0 Å². The van der Waals surface area contributed by atoms with Gasteiger partial charge < -0.3 is 10.6 Å². The summed E-state index contributed by atoms with van der Waals surface area (Å²) in [6.45, 7) is 0. The zero-order valence-corrected chi connectivity index (χ0v) is 10.9. The lowest BCUT2D eigenvalue weighted by Crippen LogP contribution is -2.46. The zero-order valence-electron chi connectivity index (χ0n) is 10.9. The van der Waals surface area contributed by atoms with Crippen LogP contribution in [0.25, 0.3) is 0 Å². The lowest BCUT2D eigenvalue weighted by atomic mass is 9.79. The second kappa shape index (κ2) is 3.91. The summed E-state index contributed by atoms with van der Waals surface area (Å²) in [5.41, 5.74) is 3.04. The van der Waals surface area contributed by atoms with E-state index in [0.717, 1.165) is 5.92 Å². The van der Waals surface area contributed by atoms with Crippen molar-refractivity contribution in [2.24, 2.45) is 5.92 Å². The van der Waals surface area contributed by atoms with Crippen LogP contribution in [0.4, 0.5) is 11.4 Å². The normalized spacial score (nSPS) is 32.2. The van der Waals surface area contributed by atoms with Crippen molar-refractivity contribution in [2.75, 3.05) is 10.6 Å². The third-order valence-electron chi connectivity index (χ3n) is 5.37. The number of para-hydroxylation sites is 2. The third-order valence-corrected chi connectivity index (χ3v) is 5.37. The Bertz CT molecular complexity index is 448. The number of fused-ring (bicyclic) bond motifs is 3. The maximum absolute atomic E-state index is 3.94. The zero-order chi connectivity index (χ0) is 12.0. The molecule has 4 rings (SSSR count). The molecule has 0 radical (unpaired) electrons. The van der Waals surface area contributed by atoms with E-state index in [1.54, 1.807) is 0 Å². The quantitative estimate of drug-likeness (QED) is 0.718. The highest BCUT2D eigenvalue weighted by molar-refractivity contribution is 5.71. The molecular weight excluding hydrogens is 220 g/mol. The first-order chi connectivity index (χ1) is 8.87. The average Bonchev–Trinajstić information content (AvgIpc) is 2.99. The lowest BCUT2D eigenvalue weighted by Gasteiger charge is -2.38. The molecule has 96 valence electrons. The monoisotopic (exact) mass is 242 g/mol. The Kier molecular flexibility index (Phi) is 2.33. The van der Waals surface area contributed by atoms with E-state index in [1.165, 1.54) is 56.3 Å². The van der Waals surface area contributed by atoms with Crippen molar-refractivity contribution >= 4 is 11.4 Å². The number of hydrogen-bond donors (Lipinski definition) is 2. The maximum atomic E-state index is 3.94. The largest absolute Gasteiger partial charge is 0.380 e. The maximum Gasteiger partial charge on any atom is 0.0580 e. The molecule has 0 amide bonds. The van der Waals surface area contributed by atoms with E-state index in [1.807, 2.05) is 0 Å². The summed E-state index contributed by atoms with van der Waals surface area (Å²) in [4.78, 5) is 0. The van der Waals surface area contributed by atoms with Gasteiger partial charge in [-0.2, -0.15) is 0 Å². The summed E-state index contributed by atoms with van der Waals surface area (Å²) in [7, 11) is 0. The molecule has 1 heterocycles. The van der Waals surface area contributed by atoms with Crippen LogP contribution in [-0.4, -0.2) is 11.6 Å². The Morgan fingerprint density at radius 3 is 2.56 bits per heavy atom. The van der Waals surface area contributed by atoms with E-state index in [2.05, 4.69) is 34.9 Å². The molecule has 2 atom stereocenters. The number of nitrogens with one attached hydrogen (secondary N) is 2. The second-order valence-corrected chi connectivity index (χ2v) is 6.32. The van der Waals surface area contributed by atoms with Crippen molar-refractivity contribution in [1.29, 1.82) is 0 Å². The molecule has 2 N–H and O–H groups in total. The van der Waals surface area contributed by atoms with Gasteiger partial charge in [-0.25, -0.2) is 0 Å². The van der Waals surface area contributed by atoms with Crippen molar-refractivity contribution < 1.29 is 0 Å². The molecule has 18 heavy (non-hydrogen) atoms. The average molecular weight is 242 g/mol. The van der Waals surface area contributed by atoms with Gasteiger partial charge in [0.15, 0.2) is 0 Å². The molecule has 2 unspecified atom stereocenters. The topological polar surface area (TPSA) is 24.1 Å². The Morgan fingerprint density at radius 2 is 1.72 bits per heavy atom. The van der Waals surface area contributed by atoms with Crippen molar-refractivity contribution in [2.45, 2.75) is 56.5 Å². The van der Waals surface area contributed by atoms with Crippen LogP contribution in [0.3, 0.4) is 0 Å². The number of rotatable bonds is 0. The van der Waals surface area contributed by atoms with Crippen LogP contribution in [0.15, 0.2) is 24.3 Å². The van der Waals surface area contributed by atoms with Gasteiger partial charge in [0.2, 0.25) is 0 Å². The molecule has 0 saturated heterocycles. The minimum absolute atomic E-state index is 0.390. The van der Waals surface area contributed by atoms with E-state index in [4.69, 9.17) is 0 Å². The Hall–Kier alpha value is -1.18. The van der Waals surface area contributed by atoms with Crippen molar-refractivity contribution in [3.05, 3.63) is 24.3 Å². The molecule has 1 spiro atoms. The molecule has 2 heteroatoms. The van der Waals surface area contributed by atoms with E-state index in [-0.39, 0.29) is 0 Å². The highest BCUT2D eigenvalue weighted by atomic mass is 15.1. The van der Waals surface area contributed by atoms with Crippen LogP contribution in [-0.2, 0) is 0 Å². The van der Waals surface area contributed by atoms with Gasteiger partial charge in [0, 0.05) is 17.5 Å². The van der Waals surface area contributed by atoms with Gasteiger partial charge in [-0.05, 0) is 37.8 Å². The molecular formula is C16H22N2. The first-order valence-corrected chi connectivity index (χ1v) is 7.51. The van der Waals surface area contributed by atoms with Crippen LogP contribution in [0, 0.1) is 5.92 Å². The first kappa shape index (κ1) is 10.7. The van der Waals surface area contributed by atoms with Gasteiger partial charge in [0.05, 0.1) is 11.4 Å². The molecule has 0 bridgehead atoms. The molecule has 2 aliphatic carbocycles. The Morgan fingerprint density at radius 1 is 0.944 bits per heavy atom. The molecule has 1 aliphatic heterocycles. The second-order valence-electron chi connectivity index (χ2n) is 6.32. The van der Waals surface area contributed by atoms with Gasteiger partial charge in [-0.15, -0.1) is 0 Å². The minimum Gasteiger partial charge on any atom is -0.380 e. The predicted molar refractivity (Wildman–Crippen MR) is 76.0 cm³/mol. The summed E-state index contributed by atoms with van der Waals surface area (Å²) < 4.78 is 0. The highest BCUT2D eigenvalue weighted by Crippen LogP contribution is 2.49. The van der Waals surface area contributed by atoms with E-state index in [0.29, 0.717) is 11.6 Å². The predicted octanol–water partition coefficient (Wildman–Crippen LogP) is 4.01. The SMILES string of the molecule is c1ccc2c(c1)NC1CCCC1C1(CCCC1)N2. The van der Waals surface area contributed by atoms with Gasteiger partial charge in [-0.3, -0.25) is 0 Å². The summed E-state index contributed by atoms with van der Waals surface area (Å²) in [6.07, 6.45) is 9.68. The molecule has 1 aromatic carbocycles. The van der Waals surface area contributed by atoms with Gasteiger partial charge in [0.25, 0.3) is 0 Å². The highest BCUT2D eigenvalue weighted by Gasteiger charge is 2.48. The number of hydrogen-bond acceptors (Lipinski definition) is 2. The number of anilines is 2. The van der Waals surface area contributed by atoms with Crippen LogP contribution in [0.5, 0.6) is 0 Å². The molecule has 3 aliphatic rings. The fourth-order valence-electron chi connectivity index (χ4n) is 4.57. The lowest BCUT2D eigenvalue weighted by molar-refractivity contribution is 0.297. The van der Waals surface area contributed by atoms with Crippen molar-refractivity contribution in [3.8, 4) is 0 Å². The third kappa shape index (κ3) is 1.47. The van der Waals surface area contributed by atoms with Crippen molar-refractivity contribution in [3.63, 3.8) is 0 Å². The Balaban J connectivity index is 1.79. The summed E-state index contributed by atoms with van der Waals surface area (Å²) in [5, 5.41) is 7.75. The fraction of sp³-hybridized carbons (Fsp3) is 0.625. The summed E-state index contributed by atoms with van der Waals surface area (Å²) in [6, 6.07) is 9.45. The fourth-order valence-corrected chi connectivity index (χ4v) is 4.57. The van der Waals surface area contributed by atoms with Gasteiger partial charge >= 0.3 is 0 Å². The smallest absolute Gasteiger partial charge is 0.0580 e. The minimum atomic E-state index is 0.390. The first-order valence-electron chi connectivity index (χ1n) is 7.51. The number of benzene rings is 1. The summed E-state index contributed by atoms with van der Waals surface area (Å²) >= 11 is 0. The molecule has 2 saturated carbocycles. The molecule has 1 aromatic rings. The van der Waals surface area contributed by atoms with Crippen LogP contribution >= 0.6 is 0 Å². The van der Waals surface area contributed by atoms with Crippen LogP contribution in [0.1, 0.15) is 44.9 Å². The van der Waals surface area contributed by atoms with Gasteiger partial charge in [-0.1, -0.05) is 31.4 Å². The molecule has 2 nitrogen and oxygen atoms in total. The standard InChI is InChI=1S/C16H22N2/c1-2-8-15-14(7-1)17-13-9-5-6-12(13)16(18-15)10-3-4-11-16/h1-2,7-8,12-13,17-18H,3-6,9-11H2. The summed E-state index contributed by atoms with van der Waals surface area (Å²) in [5.74, 6) is 0.826. The Labute approximate surface area is 109 Å². The van der Waals surface area contributed by atoms with Crippen molar-refractivity contribution in [1.82, 2.24) is 0 Å².